The number of esters is 3. The first-order chi connectivity index (χ1) is 37.0. The highest BCUT2D eigenvalue weighted by Gasteiger charge is 2.19. The Morgan fingerprint density at radius 3 is 0.827 bits per heavy atom. The van der Waals surface area contributed by atoms with E-state index < -0.39 is 6.10 Å². The van der Waals surface area contributed by atoms with Crippen LogP contribution >= 0.6 is 0 Å². The van der Waals surface area contributed by atoms with E-state index in [1.54, 1.807) is 0 Å². The van der Waals surface area contributed by atoms with Gasteiger partial charge in [-0.25, -0.2) is 0 Å². The highest BCUT2D eigenvalue weighted by Crippen LogP contribution is 2.16. The van der Waals surface area contributed by atoms with Crippen molar-refractivity contribution in [1.82, 2.24) is 0 Å². The fourth-order valence-electron chi connectivity index (χ4n) is 8.64. The fourth-order valence-corrected chi connectivity index (χ4v) is 8.64. The maximum Gasteiger partial charge on any atom is 0.306 e. The molecule has 0 aliphatic carbocycles. The van der Waals surface area contributed by atoms with Gasteiger partial charge in [0.05, 0.1) is 0 Å². The van der Waals surface area contributed by atoms with Crippen molar-refractivity contribution >= 4 is 17.9 Å². The van der Waals surface area contributed by atoms with Crippen molar-refractivity contribution in [2.75, 3.05) is 13.2 Å². The topological polar surface area (TPSA) is 78.9 Å². The molecule has 0 aromatic carbocycles. The van der Waals surface area contributed by atoms with E-state index in [4.69, 9.17) is 14.2 Å². The van der Waals surface area contributed by atoms with Crippen LogP contribution in [0.4, 0.5) is 0 Å². The first kappa shape index (κ1) is 71.1. The molecular formula is C69H116O6. The average molecular weight is 1040 g/mol. The largest absolute Gasteiger partial charge is 0.462 e. The Morgan fingerprint density at radius 2 is 0.520 bits per heavy atom. The first-order valence-corrected chi connectivity index (χ1v) is 31.4. The third-order valence-electron chi connectivity index (χ3n) is 13.3. The minimum Gasteiger partial charge on any atom is -0.462 e. The molecule has 1 atom stereocenters. The zero-order valence-electron chi connectivity index (χ0n) is 49.0. The lowest BCUT2D eigenvalue weighted by Crippen LogP contribution is -2.30. The summed E-state index contributed by atoms with van der Waals surface area (Å²) in [6.45, 7) is 6.41. The predicted molar refractivity (Wildman–Crippen MR) is 325 cm³/mol. The summed E-state index contributed by atoms with van der Waals surface area (Å²) in [5, 5.41) is 0. The number of rotatable bonds is 56. The summed E-state index contributed by atoms with van der Waals surface area (Å²) in [6, 6.07) is 0. The van der Waals surface area contributed by atoms with E-state index in [2.05, 4.69) is 130 Å². The van der Waals surface area contributed by atoms with Crippen LogP contribution in [0.1, 0.15) is 290 Å². The lowest BCUT2D eigenvalue weighted by molar-refractivity contribution is -0.167. The van der Waals surface area contributed by atoms with Crippen LogP contribution in [0.5, 0.6) is 0 Å². The Hall–Kier alpha value is -3.93. The maximum atomic E-state index is 12.9. The quantitative estimate of drug-likeness (QED) is 0.0261. The Labute approximate surface area is 463 Å². The lowest BCUT2D eigenvalue weighted by Gasteiger charge is -2.18. The third kappa shape index (κ3) is 60.8. The van der Waals surface area contributed by atoms with Gasteiger partial charge in [0.25, 0.3) is 0 Å². The molecule has 0 bridgehead atoms. The molecule has 1 unspecified atom stereocenters. The molecule has 6 nitrogen and oxygen atoms in total. The van der Waals surface area contributed by atoms with Crippen molar-refractivity contribution in [1.29, 1.82) is 0 Å². The normalized spacial score (nSPS) is 12.8. The molecule has 0 aliphatic rings. The fraction of sp³-hybridized carbons (Fsp3) is 0.696. The van der Waals surface area contributed by atoms with Crippen molar-refractivity contribution in [2.45, 2.75) is 297 Å². The van der Waals surface area contributed by atoms with Crippen molar-refractivity contribution < 1.29 is 28.6 Å². The van der Waals surface area contributed by atoms with E-state index in [0.29, 0.717) is 12.8 Å². The van der Waals surface area contributed by atoms with E-state index in [0.717, 1.165) is 122 Å². The number of unbranched alkanes of at least 4 members (excludes halogenated alkanes) is 27. The molecule has 0 fully saturated rings. The van der Waals surface area contributed by atoms with E-state index in [1.165, 1.54) is 128 Å². The van der Waals surface area contributed by atoms with E-state index in [9.17, 15) is 14.4 Å². The van der Waals surface area contributed by atoms with Crippen LogP contribution in [0.3, 0.4) is 0 Å². The molecule has 0 N–H and O–H groups in total. The Morgan fingerprint density at radius 1 is 0.280 bits per heavy atom. The van der Waals surface area contributed by atoms with Crippen molar-refractivity contribution in [3.05, 3.63) is 109 Å². The van der Waals surface area contributed by atoms with Crippen LogP contribution in [0.25, 0.3) is 0 Å². The zero-order chi connectivity index (χ0) is 54.3. The van der Waals surface area contributed by atoms with Crippen LogP contribution in [0.15, 0.2) is 109 Å². The molecule has 0 saturated heterocycles. The molecule has 0 aliphatic heterocycles. The molecule has 6 heteroatoms. The van der Waals surface area contributed by atoms with Gasteiger partial charge in [0.2, 0.25) is 0 Å². The Kier molecular flexibility index (Phi) is 59.3. The van der Waals surface area contributed by atoms with Crippen LogP contribution < -0.4 is 0 Å². The molecular weight excluding hydrogens is 925 g/mol. The summed E-state index contributed by atoms with van der Waals surface area (Å²) < 4.78 is 16.9. The van der Waals surface area contributed by atoms with Gasteiger partial charge in [0, 0.05) is 19.3 Å². The van der Waals surface area contributed by atoms with Gasteiger partial charge in [-0.3, -0.25) is 14.4 Å². The van der Waals surface area contributed by atoms with Crippen LogP contribution in [0.2, 0.25) is 0 Å². The molecule has 0 radical (unpaired) electrons. The number of carbonyl (C=O) groups excluding carboxylic acids is 3. The van der Waals surface area contributed by atoms with Crippen LogP contribution in [0, 0.1) is 0 Å². The molecule has 0 aromatic rings. The second-order valence-electron chi connectivity index (χ2n) is 20.6. The van der Waals surface area contributed by atoms with E-state index >= 15 is 0 Å². The van der Waals surface area contributed by atoms with Gasteiger partial charge < -0.3 is 14.2 Å². The number of allylic oxidation sites excluding steroid dienone is 18. The first-order valence-electron chi connectivity index (χ1n) is 31.4. The van der Waals surface area contributed by atoms with Crippen LogP contribution in [-0.4, -0.2) is 37.2 Å². The standard InChI is InChI=1S/C69H116O6/c1-4-7-10-13-16-19-22-25-28-30-32-33-34-35-37-38-41-44-47-50-53-56-59-62-68(71)74-65-66(64-73-67(70)61-58-55-52-49-46-43-40-27-24-21-18-15-12-9-6-3)75-69(72)63-60-57-54-51-48-45-42-39-36-31-29-26-23-20-17-14-11-8-5-2/h7-8,10-11,16-17,19-20,25-26,28-29,32-33,36,39,45,48,66H,4-6,9,12-15,18,21-24,27,30-31,34-35,37-38,40-44,46-47,49-65H2,1-3H3/b10-7-,11-8-,19-16-,20-17-,28-25-,29-26-,33-32-,39-36-,48-45-. The van der Waals surface area contributed by atoms with E-state index in [1.807, 2.05) is 0 Å². The summed E-state index contributed by atoms with van der Waals surface area (Å²) in [7, 11) is 0. The summed E-state index contributed by atoms with van der Waals surface area (Å²) in [5.41, 5.74) is 0. The summed E-state index contributed by atoms with van der Waals surface area (Å²) in [6.07, 6.45) is 85.1. The zero-order valence-corrected chi connectivity index (χ0v) is 49.0. The number of carbonyl (C=O) groups is 3. The molecule has 0 heterocycles. The lowest BCUT2D eigenvalue weighted by atomic mass is 10.0. The average Bonchev–Trinajstić information content (AvgIpc) is 3.41. The Bertz CT molecular complexity index is 1520. The van der Waals surface area contributed by atoms with Crippen molar-refractivity contribution in [2.24, 2.45) is 0 Å². The molecule has 0 rings (SSSR count). The summed E-state index contributed by atoms with van der Waals surface area (Å²) in [4.78, 5) is 38.3. The van der Waals surface area contributed by atoms with Crippen molar-refractivity contribution in [3.63, 3.8) is 0 Å². The molecule has 0 spiro atoms. The molecule has 0 amide bonds. The summed E-state index contributed by atoms with van der Waals surface area (Å²) >= 11 is 0. The van der Waals surface area contributed by atoms with Crippen molar-refractivity contribution in [3.8, 4) is 0 Å². The molecule has 75 heavy (non-hydrogen) atoms. The van der Waals surface area contributed by atoms with Gasteiger partial charge in [-0.05, 0) is 103 Å². The minimum atomic E-state index is -0.799. The van der Waals surface area contributed by atoms with Gasteiger partial charge in [0.1, 0.15) is 13.2 Å². The minimum absolute atomic E-state index is 0.0913. The highest BCUT2D eigenvalue weighted by molar-refractivity contribution is 5.71. The molecule has 0 aromatic heterocycles. The smallest absolute Gasteiger partial charge is 0.306 e. The maximum absolute atomic E-state index is 12.9. The van der Waals surface area contributed by atoms with Gasteiger partial charge in [-0.1, -0.05) is 278 Å². The Balaban J connectivity index is 4.42. The highest BCUT2D eigenvalue weighted by atomic mass is 16.6. The number of hydrogen-bond acceptors (Lipinski definition) is 6. The van der Waals surface area contributed by atoms with E-state index in [-0.39, 0.29) is 37.5 Å². The second kappa shape index (κ2) is 62.6. The van der Waals surface area contributed by atoms with Gasteiger partial charge in [0.15, 0.2) is 6.10 Å². The predicted octanol–water partition coefficient (Wildman–Crippen LogP) is 21.4. The molecule has 428 valence electrons. The second-order valence-corrected chi connectivity index (χ2v) is 20.6. The van der Waals surface area contributed by atoms with Crippen LogP contribution in [-0.2, 0) is 28.6 Å². The van der Waals surface area contributed by atoms with Gasteiger partial charge in [-0.2, -0.15) is 0 Å². The third-order valence-corrected chi connectivity index (χ3v) is 13.3. The SMILES string of the molecule is CC/C=C\C/C=C\C/C=C\C/C=C\C/C=C\CCCCCC(=O)OC(COC(=O)CCCCCCCCCCCC/C=C\C/C=C\C/C=C\C/C=C\CC)COC(=O)CCCCCCCCCCCCCCCCC. The monoisotopic (exact) mass is 1040 g/mol. The summed E-state index contributed by atoms with van der Waals surface area (Å²) in [5.74, 6) is -0.920. The van der Waals surface area contributed by atoms with Gasteiger partial charge >= 0.3 is 17.9 Å². The molecule has 0 saturated carbocycles. The van der Waals surface area contributed by atoms with Gasteiger partial charge in [-0.15, -0.1) is 0 Å². The number of hydrogen-bond donors (Lipinski definition) is 0. The number of ether oxygens (including phenoxy) is 3.